The first-order valence-corrected chi connectivity index (χ1v) is 9.91. The Labute approximate surface area is 128 Å². The largest absolute Gasteiger partial charge is 0.243 e. The molecule has 2 rings (SSSR count). The van der Waals surface area contributed by atoms with E-state index in [9.17, 15) is 16.8 Å². The molecule has 1 heterocycles. The van der Waals surface area contributed by atoms with Crippen LogP contribution in [0.1, 0.15) is 6.42 Å². The Morgan fingerprint density at radius 2 is 1.85 bits per heavy atom. The lowest BCUT2D eigenvalue weighted by Gasteiger charge is -2.12. The van der Waals surface area contributed by atoms with E-state index in [2.05, 4.69) is 4.72 Å². The van der Waals surface area contributed by atoms with Crippen molar-refractivity contribution in [2.24, 2.45) is 5.92 Å². The minimum Gasteiger partial charge on any atom is -0.229 e. The summed E-state index contributed by atoms with van der Waals surface area (Å²) in [6.45, 7) is 0.0586. The van der Waals surface area contributed by atoms with Gasteiger partial charge >= 0.3 is 0 Å². The van der Waals surface area contributed by atoms with Crippen molar-refractivity contribution in [2.45, 2.75) is 11.3 Å². The first kappa shape index (κ1) is 16.0. The van der Waals surface area contributed by atoms with Crippen LogP contribution in [0.15, 0.2) is 23.1 Å². The van der Waals surface area contributed by atoms with Gasteiger partial charge in [0.1, 0.15) is 4.90 Å². The predicted molar refractivity (Wildman–Crippen MR) is 78.4 cm³/mol. The van der Waals surface area contributed by atoms with Gasteiger partial charge in [-0.05, 0) is 24.5 Å². The lowest BCUT2D eigenvalue weighted by atomic mass is 10.1. The Kier molecular flexibility index (Phi) is 4.66. The van der Waals surface area contributed by atoms with E-state index in [-0.39, 0.29) is 38.9 Å². The van der Waals surface area contributed by atoms with E-state index in [4.69, 9.17) is 23.2 Å². The average Bonchev–Trinajstić information content (AvgIpc) is 2.66. The van der Waals surface area contributed by atoms with Crippen LogP contribution in [-0.2, 0) is 19.9 Å². The Morgan fingerprint density at radius 1 is 1.25 bits per heavy atom. The van der Waals surface area contributed by atoms with Crippen LogP contribution < -0.4 is 4.72 Å². The van der Waals surface area contributed by atoms with Crippen molar-refractivity contribution in [3.63, 3.8) is 0 Å². The van der Waals surface area contributed by atoms with Crippen LogP contribution in [-0.4, -0.2) is 34.9 Å². The second-order valence-corrected chi connectivity index (χ2v) is 9.42. The first-order chi connectivity index (χ1) is 9.21. The number of halogens is 2. The van der Waals surface area contributed by atoms with Crippen molar-refractivity contribution in [2.75, 3.05) is 18.1 Å². The predicted octanol–water partition coefficient (Wildman–Crippen LogP) is 1.71. The second-order valence-electron chi connectivity index (χ2n) is 4.67. The average molecular weight is 358 g/mol. The van der Waals surface area contributed by atoms with Gasteiger partial charge in [-0.25, -0.2) is 21.6 Å². The summed E-state index contributed by atoms with van der Waals surface area (Å²) in [5, 5.41) is 0.0630. The summed E-state index contributed by atoms with van der Waals surface area (Å²) in [6, 6.07) is 4.41. The maximum absolute atomic E-state index is 12.2. The third kappa shape index (κ3) is 3.65. The molecule has 0 aliphatic carbocycles. The van der Waals surface area contributed by atoms with Gasteiger partial charge in [-0.2, -0.15) is 0 Å². The summed E-state index contributed by atoms with van der Waals surface area (Å²) in [5.41, 5.74) is 0. The van der Waals surface area contributed by atoms with Crippen LogP contribution in [0.4, 0.5) is 0 Å². The molecule has 1 aliphatic rings. The van der Waals surface area contributed by atoms with Gasteiger partial charge in [0.15, 0.2) is 9.84 Å². The molecule has 0 spiro atoms. The highest BCUT2D eigenvalue weighted by molar-refractivity contribution is 7.91. The van der Waals surface area contributed by atoms with Crippen LogP contribution in [0, 0.1) is 5.92 Å². The molecule has 1 N–H and O–H groups in total. The Morgan fingerprint density at radius 3 is 2.35 bits per heavy atom. The van der Waals surface area contributed by atoms with Gasteiger partial charge in [0.25, 0.3) is 0 Å². The quantitative estimate of drug-likeness (QED) is 0.889. The summed E-state index contributed by atoms with van der Waals surface area (Å²) in [6.07, 6.45) is 0.459. The van der Waals surface area contributed by atoms with E-state index < -0.39 is 19.9 Å². The van der Waals surface area contributed by atoms with Gasteiger partial charge in [0, 0.05) is 6.54 Å². The zero-order chi connectivity index (χ0) is 15.0. The number of hydrogen-bond donors (Lipinski definition) is 1. The molecule has 0 saturated carbocycles. The zero-order valence-corrected chi connectivity index (χ0v) is 13.5. The van der Waals surface area contributed by atoms with Crippen molar-refractivity contribution in [3.05, 3.63) is 28.2 Å². The monoisotopic (exact) mass is 357 g/mol. The normalized spacial score (nSPS) is 22.0. The van der Waals surface area contributed by atoms with Crippen molar-refractivity contribution < 1.29 is 16.8 Å². The fourth-order valence-corrected chi connectivity index (χ4v) is 6.19. The van der Waals surface area contributed by atoms with Gasteiger partial charge in [0.2, 0.25) is 10.0 Å². The first-order valence-electron chi connectivity index (χ1n) is 5.85. The Bertz CT molecular complexity index is 696. The van der Waals surface area contributed by atoms with Crippen LogP contribution in [0.3, 0.4) is 0 Å². The number of rotatable bonds is 4. The second kappa shape index (κ2) is 5.81. The SMILES string of the molecule is O=S1(=O)CCC(CNS(=O)(=O)c2c(Cl)cccc2Cl)C1. The molecule has 1 aromatic rings. The van der Waals surface area contributed by atoms with E-state index in [0.717, 1.165) is 0 Å². The molecule has 112 valence electrons. The molecular weight excluding hydrogens is 345 g/mol. The summed E-state index contributed by atoms with van der Waals surface area (Å²) < 4.78 is 49.3. The lowest BCUT2D eigenvalue weighted by Crippen LogP contribution is -2.30. The van der Waals surface area contributed by atoms with Crippen molar-refractivity contribution in [1.82, 2.24) is 4.72 Å². The molecular formula is C11H13Cl2NO4S2. The molecule has 1 aliphatic heterocycles. The number of nitrogens with one attached hydrogen (secondary N) is 1. The highest BCUT2D eigenvalue weighted by atomic mass is 35.5. The number of hydrogen-bond acceptors (Lipinski definition) is 4. The van der Waals surface area contributed by atoms with E-state index >= 15 is 0 Å². The van der Waals surface area contributed by atoms with Crippen LogP contribution in [0.2, 0.25) is 10.0 Å². The van der Waals surface area contributed by atoms with E-state index in [1.165, 1.54) is 12.1 Å². The van der Waals surface area contributed by atoms with E-state index in [1.54, 1.807) is 6.07 Å². The highest BCUT2D eigenvalue weighted by Crippen LogP contribution is 2.29. The Hall–Kier alpha value is -0.340. The lowest BCUT2D eigenvalue weighted by molar-refractivity contribution is 0.543. The van der Waals surface area contributed by atoms with Gasteiger partial charge in [-0.15, -0.1) is 0 Å². The van der Waals surface area contributed by atoms with Crippen molar-refractivity contribution >= 4 is 43.1 Å². The summed E-state index contributed by atoms with van der Waals surface area (Å²) in [4.78, 5) is -0.177. The molecule has 0 bridgehead atoms. The third-order valence-corrected chi connectivity index (χ3v) is 7.29. The fourth-order valence-electron chi connectivity index (χ4n) is 2.07. The molecule has 0 radical (unpaired) electrons. The van der Waals surface area contributed by atoms with Gasteiger partial charge in [-0.3, -0.25) is 0 Å². The third-order valence-electron chi connectivity index (χ3n) is 3.08. The molecule has 5 nitrogen and oxygen atoms in total. The number of sulfonamides is 1. The van der Waals surface area contributed by atoms with Crippen molar-refractivity contribution in [1.29, 1.82) is 0 Å². The van der Waals surface area contributed by atoms with Gasteiger partial charge in [-0.1, -0.05) is 29.3 Å². The molecule has 1 unspecified atom stereocenters. The number of sulfone groups is 1. The fraction of sp³-hybridized carbons (Fsp3) is 0.455. The van der Waals surface area contributed by atoms with E-state index in [0.29, 0.717) is 6.42 Å². The van der Waals surface area contributed by atoms with Crippen LogP contribution >= 0.6 is 23.2 Å². The topological polar surface area (TPSA) is 80.3 Å². The molecule has 1 atom stereocenters. The molecule has 0 aromatic heterocycles. The highest BCUT2D eigenvalue weighted by Gasteiger charge is 2.30. The minimum absolute atomic E-state index is 0.00573. The van der Waals surface area contributed by atoms with Crippen LogP contribution in [0.25, 0.3) is 0 Å². The molecule has 1 aromatic carbocycles. The van der Waals surface area contributed by atoms with Gasteiger partial charge < -0.3 is 0 Å². The number of benzene rings is 1. The smallest absolute Gasteiger partial charge is 0.229 e. The molecule has 0 amide bonds. The minimum atomic E-state index is -3.86. The zero-order valence-electron chi connectivity index (χ0n) is 10.3. The molecule has 20 heavy (non-hydrogen) atoms. The maximum atomic E-state index is 12.2. The van der Waals surface area contributed by atoms with Crippen molar-refractivity contribution in [3.8, 4) is 0 Å². The van der Waals surface area contributed by atoms with Gasteiger partial charge in [0.05, 0.1) is 21.6 Å². The van der Waals surface area contributed by atoms with Crippen LogP contribution in [0.5, 0.6) is 0 Å². The summed E-state index contributed by atoms with van der Waals surface area (Å²) in [5.74, 6) is -0.103. The Balaban J connectivity index is 2.13. The molecule has 9 heteroatoms. The summed E-state index contributed by atoms with van der Waals surface area (Å²) in [7, 11) is -6.89. The van der Waals surface area contributed by atoms with E-state index in [1.807, 2.05) is 0 Å². The maximum Gasteiger partial charge on any atom is 0.243 e. The summed E-state index contributed by atoms with van der Waals surface area (Å²) >= 11 is 11.7. The standard InChI is InChI=1S/C11H13Cl2NO4S2/c12-9-2-1-3-10(13)11(9)20(17,18)14-6-8-4-5-19(15,16)7-8/h1-3,8,14H,4-7H2. The molecule has 1 fully saturated rings. The molecule has 1 saturated heterocycles.